The predicted octanol–water partition coefficient (Wildman–Crippen LogP) is 3.60. The smallest absolute Gasteiger partial charge is 0.213 e. The Hall–Kier alpha value is -3.03. The Balaban J connectivity index is 1.52. The van der Waals surface area contributed by atoms with Crippen LogP contribution in [-0.4, -0.2) is 51.7 Å². The summed E-state index contributed by atoms with van der Waals surface area (Å²) in [4.78, 5) is 7.35. The maximum absolute atomic E-state index is 5.91. The largest absolute Gasteiger partial charge is 0.347 e. The summed E-state index contributed by atoms with van der Waals surface area (Å²) >= 11 is 0. The molecule has 0 bridgehead atoms. The fourth-order valence-corrected chi connectivity index (χ4v) is 4.58. The van der Waals surface area contributed by atoms with Crippen molar-refractivity contribution in [2.45, 2.75) is 25.6 Å². The molecule has 7 nitrogen and oxygen atoms in total. The molecule has 1 spiro atoms. The van der Waals surface area contributed by atoms with Crippen LogP contribution >= 0.6 is 0 Å². The van der Waals surface area contributed by atoms with Gasteiger partial charge in [-0.3, -0.25) is 0 Å². The van der Waals surface area contributed by atoms with Gasteiger partial charge >= 0.3 is 0 Å². The first-order valence-electron chi connectivity index (χ1n) is 10.5. The van der Waals surface area contributed by atoms with Crippen LogP contribution in [0.2, 0.25) is 0 Å². The molecule has 2 aromatic carbocycles. The van der Waals surface area contributed by atoms with E-state index in [1.807, 2.05) is 18.2 Å². The lowest BCUT2D eigenvalue weighted by atomic mass is 10.0. The van der Waals surface area contributed by atoms with Crippen LogP contribution in [0.4, 0.5) is 5.95 Å². The number of fused-ring (bicyclic) bond motifs is 3. The highest BCUT2D eigenvalue weighted by Crippen LogP contribution is 2.35. The Bertz CT molecular complexity index is 1240. The average molecular weight is 401 g/mol. The number of hydrogen-bond donors (Lipinski definition) is 0. The SMILES string of the molecule is Cc1cccc(-c2nnc3c4ccccc4nc(N4CCC5(CC4)OCCO5)n23)c1. The first-order valence-corrected chi connectivity index (χ1v) is 10.5. The summed E-state index contributed by atoms with van der Waals surface area (Å²) < 4.78 is 13.9. The zero-order valence-corrected chi connectivity index (χ0v) is 16.9. The molecule has 0 radical (unpaired) electrons. The van der Waals surface area contributed by atoms with Gasteiger partial charge in [0, 0.05) is 36.9 Å². The van der Waals surface area contributed by atoms with Gasteiger partial charge in [0.15, 0.2) is 17.3 Å². The molecule has 152 valence electrons. The minimum Gasteiger partial charge on any atom is -0.347 e. The number of ether oxygens (including phenoxy) is 2. The highest BCUT2D eigenvalue weighted by molar-refractivity contribution is 5.93. The number of para-hydroxylation sites is 1. The number of benzene rings is 2. The maximum atomic E-state index is 5.91. The van der Waals surface area contributed by atoms with E-state index >= 15 is 0 Å². The Kier molecular flexibility index (Phi) is 4.01. The summed E-state index contributed by atoms with van der Waals surface area (Å²) in [5, 5.41) is 10.2. The topological polar surface area (TPSA) is 64.8 Å². The standard InChI is InChI=1S/C23H23N5O2/c1-16-5-4-6-17(15-16)20-25-26-21-18-7-2-3-8-19(18)24-22(28(20)21)27-11-9-23(10-12-27)29-13-14-30-23/h2-8,15H,9-14H2,1H3. The van der Waals surface area contributed by atoms with E-state index < -0.39 is 5.79 Å². The number of anilines is 1. The van der Waals surface area contributed by atoms with Gasteiger partial charge in [-0.15, -0.1) is 10.2 Å². The van der Waals surface area contributed by atoms with Crippen molar-refractivity contribution in [2.24, 2.45) is 0 Å². The number of piperidine rings is 1. The fourth-order valence-electron chi connectivity index (χ4n) is 4.58. The summed E-state index contributed by atoms with van der Waals surface area (Å²) in [6, 6.07) is 16.5. The molecule has 7 heteroatoms. The Morgan fingerprint density at radius 1 is 0.933 bits per heavy atom. The molecule has 2 aromatic heterocycles. The van der Waals surface area contributed by atoms with Crippen molar-refractivity contribution in [2.75, 3.05) is 31.2 Å². The van der Waals surface area contributed by atoms with Crippen LogP contribution in [0.25, 0.3) is 27.9 Å². The van der Waals surface area contributed by atoms with Gasteiger partial charge in [-0.2, -0.15) is 0 Å². The van der Waals surface area contributed by atoms with Crippen LogP contribution in [0.5, 0.6) is 0 Å². The van der Waals surface area contributed by atoms with Gasteiger partial charge in [-0.1, -0.05) is 35.9 Å². The van der Waals surface area contributed by atoms with E-state index in [4.69, 9.17) is 14.5 Å². The molecule has 2 aliphatic heterocycles. The van der Waals surface area contributed by atoms with Crippen molar-refractivity contribution >= 4 is 22.5 Å². The molecule has 0 saturated carbocycles. The van der Waals surface area contributed by atoms with E-state index in [1.165, 1.54) is 5.56 Å². The molecule has 0 amide bonds. The number of nitrogens with zero attached hydrogens (tertiary/aromatic N) is 5. The third-order valence-corrected chi connectivity index (χ3v) is 6.13. The Morgan fingerprint density at radius 3 is 2.53 bits per heavy atom. The van der Waals surface area contributed by atoms with Gasteiger partial charge in [0.1, 0.15) is 0 Å². The van der Waals surface area contributed by atoms with E-state index in [1.54, 1.807) is 0 Å². The number of hydrogen-bond acceptors (Lipinski definition) is 6. The van der Waals surface area contributed by atoms with E-state index in [2.05, 4.69) is 56.8 Å². The van der Waals surface area contributed by atoms with Gasteiger partial charge in [0.25, 0.3) is 0 Å². The fraction of sp³-hybridized carbons (Fsp3) is 0.348. The molecule has 6 rings (SSSR count). The highest BCUT2D eigenvalue weighted by atomic mass is 16.7. The van der Waals surface area contributed by atoms with E-state index in [0.29, 0.717) is 13.2 Å². The van der Waals surface area contributed by atoms with Gasteiger partial charge in [0.05, 0.1) is 18.7 Å². The third-order valence-electron chi connectivity index (χ3n) is 6.13. The highest BCUT2D eigenvalue weighted by Gasteiger charge is 2.40. The van der Waals surface area contributed by atoms with Crippen LogP contribution in [-0.2, 0) is 9.47 Å². The second kappa shape index (κ2) is 6.75. The Morgan fingerprint density at radius 2 is 1.73 bits per heavy atom. The third kappa shape index (κ3) is 2.77. The molecule has 4 aromatic rings. The molecule has 2 saturated heterocycles. The van der Waals surface area contributed by atoms with Crippen LogP contribution in [0, 0.1) is 6.92 Å². The monoisotopic (exact) mass is 401 g/mol. The minimum atomic E-state index is -0.418. The molecule has 2 aliphatic rings. The van der Waals surface area contributed by atoms with Gasteiger partial charge in [0.2, 0.25) is 5.95 Å². The summed E-state index contributed by atoms with van der Waals surface area (Å²) in [5.74, 6) is 1.27. The lowest BCUT2D eigenvalue weighted by Crippen LogP contribution is -2.46. The average Bonchev–Trinajstić information content (AvgIpc) is 3.42. The number of rotatable bonds is 2. The maximum Gasteiger partial charge on any atom is 0.213 e. The molecule has 30 heavy (non-hydrogen) atoms. The van der Waals surface area contributed by atoms with Crippen molar-refractivity contribution in [3.05, 3.63) is 54.1 Å². The van der Waals surface area contributed by atoms with Crippen molar-refractivity contribution in [3.63, 3.8) is 0 Å². The van der Waals surface area contributed by atoms with Crippen LogP contribution in [0.3, 0.4) is 0 Å². The molecule has 0 aliphatic carbocycles. The summed E-state index contributed by atoms with van der Waals surface area (Å²) in [6.45, 7) is 5.08. The zero-order valence-electron chi connectivity index (χ0n) is 16.9. The predicted molar refractivity (Wildman–Crippen MR) is 115 cm³/mol. The van der Waals surface area contributed by atoms with E-state index in [9.17, 15) is 0 Å². The van der Waals surface area contributed by atoms with Gasteiger partial charge in [-0.05, 0) is 25.1 Å². The zero-order chi connectivity index (χ0) is 20.1. The second-order valence-corrected chi connectivity index (χ2v) is 8.08. The van der Waals surface area contributed by atoms with Crippen LogP contribution < -0.4 is 4.90 Å². The van der Waals surface area contributed by atoms with Crippen molar-refractivity contribution in [3.8, 4) is 11.4 Å². The first kappa shape index (κ1) is 17.8. The van der Waals surface area contributed by atoms with Gasteiger partial charge in [-0.25, -0.2) is 9.38 Å². The molecule has 0 unspecified atom stereocenters. The van der Waals surface area contributed by atoms with Crippen LogP contribution in [0.1, 0.15) is 18.4 Å². The quantitative estimate of drug-likeness (QED) is 0.511. The van der Waals surface area contributed by atoms with E-state index in [0.717, 1.165) is 59.8 Å². The normalized spacial score (nSPS) is 18.6. The summed E-state index contributed by atoms with van der Waals surface area (Å²) in [6.07, 6.45) is 1.65. The molecular formula is C23H23N5O2. The van der Waals surface area contributed by atoms with Crippen molar-refractivity contribution in [1.82, 2.24) is 19.6 Å². The molecule has 2 fully saturated rings. The minimum absolute atomic E-state index is 0.418. The summed E-state index contributed by atoms with van der Waals surface area (Å²) in [5.41, 5.74) is 3.99. The number of aryl methyl sites for hydroxylation is 1. The number of aromatic nitrogens is 4. The van der Waals surface area contributed by atoms with Crippen molar-refractivity contribution in [1.29, 1.82) is 0 Å². The lowest BCUT2D eigenvalue weighted by Gasteiger charge is -2.38. The molecule has 0 N–H and O–H groups in total. The molecule has 0 atom stereocenters. The molecule has 4 heterocycles. The van der Waals surface area contributed by atoms with Crippen molar-refractivity contribution < 1.29 is 9.47 Å². The van der Waals surface area contributed by atoms with E-state index in [-0.39, 0.29) is 0 Å². The summed E-state index contributed by atoms with van der Waals surface area (Å²) in [7, 11) is 0. The van der Waals surface area contributed by atoms with Gasteiger partial charge < -0.3 is 14.4 Å². The first-order chi connectivity index (χ1) is 14.7. The second-order valence-electron chi connectivity index (χ2n) is 8.08. The Labute approximate surface area is 174 Å². The van der Waals surface area contributed by atoms with Crippen LogP contribution in [0.15, 0.2) is 48.5 Å². The molecular weight excluding hydrogens is 378 g/mol. The lowest BCUT2D eigenvalue weighted by molar-refractivity contribution is -0.169.